The first-order valence-electron chi connectivity index (χ1n) is 10.3. The summed E-state index contributed by atoms with van der Waals surface area (Å²) in [6.07, 6.45) is 0.440. The van der Waals surface area contributed by atoms with Crippen LogP contribution in [0.1, 0.15) is 19.8 Å². The zero-order chi connectivity index (χ0) is 22.8. The van der Waals surface area contributed by atoms with Crippen LogP contribution in [-0.2, 0) is 14.3 Å². The molecule has 32 heavy (non-hydrogen) atoms. The summed E-state index contributed by atoms with van der Waals surface area (Å²) in [7, 11) is 1.37. The zero-order valence-electron chi connectivity index (χ0n) is 17.6. The van der Waals surface area contributed by atoms with Crippen molar-refractivity contribution in [1.29, 1.82) is 0 Å². The van der Waals surface area contributed by atoms with Crippen LogP contribution in [0.25, 0.3) is 22.0 Å². The Morgan fingerprint density at radius 1 is 1.09 bits per heavy atom. The van der Waals surface area contributed by atoms with Crippen LogP contribution in [0, 0.1) is 5.92 Å². The highest BCUT2D eigenvalue weighted by molar-refractivity contribution is 6.34. The van der Waals surface area contributed by atoms with Crippen molar-refractivity contribution in [3.63, 3.8) is 0 Å². The molecule has 1 aliphatic rings. The van der Waals surface area contributed by atoms with Crippen molar-refractivity contribution in [3.8, 4) is 16.9 Å². The first kappa shape index (κ1) is 22.4. The van der Waals surface area contributed by atoms with Gasteiger partial charge in [0.1, 0.15) is 10.9 Å². The fraction of sp³-hybridized carbons (Fsp3) is 0.292. The van der Waals surface area contributed by atoms with Gasteiger partial charge in [0, 0.05) is 28.1 Å². The van der Waals surface area contributed by atoms with E-state index < -0.39 is 6.10 Å². The molecule has 3 aromatic rings. The summed E-state index contributed by atoms with van der Waals surface area (Å²) in [5.41, 5.74) is 2.36. The number of benzene rings is 2. The third-order valence-corrected chi connectivity index (χ3v) is 6.14. The lowest BCUT2D eigenvalue weighted by Crippen LogP contribution is -2.50. The van der Waals surface area contributed by atoms with Crippen molar-refractivity contribution < 1.29 is 19.1 Å². The highest BCUT2D eigenvalue weighted by Crippen LogP contribution is 2.36. The van der Waals surface area contributed by atoms with Crippen molar-refractivity contribution in [2.24, 2.45) is 5.92 Å². The van der Waals surface area contributed by atoms with E-state index in [0.29, 0.717) is 34.3 Å². The third kappa shape index (κ3) is 4.66. The second-order valence-corrected chi connectivity index (χ2v) is 8.60. The molecule has 1 aromatic heterocycles. The van der Waals surface area contributed by atoms with Gasteiger partial charge in [-0.05, 0) is 49.6 Å². The Kier molecular flexibility index (Phi) is 6.53. The Morgan fingerprint density at radius 3 is 2.56 bits per heavy atom. The number of methoxy groups -OCH3 is 1. The first-order valence-corrected chi connectivity index (χ1v) is 11.0. The van der Waals surface area contributed by atoms with Crippen molar-refractivity contribution >= 4 is 46.0 Å². The zero-order valence-corrected chi connectivity index (χ0v) is 19.1. The lowest BCUT2D eigenvalue weighted by molar-refractivity contribution is -0.150. The minimum atomic E-state index is -0.716. The van der Waals surface area contributed by atoms with Crippen molar-refractivity contribution in [2.75, 3.05) is 7.11 Å². The highest BCUT2D eigenvalue weighted by atomic mass is 35.5. The largest absolute Gasteiger partial charge is 0.481 e. The number of carbonyl (C=O) groups excluding carboxylic acids is 2. The summed E-state index contributed by atoms with van der Waals surface area (Å²) in [6, 6.07) is 14.7. The number of nitrogens with one attached hydrogen (secondary N) is 1. The number of fused-ring (bicyclic) bond motifs is 1. The minimum absolute atomic E-state index is 0.0482. The Labute approximate surface area is 195 Å². The van der Waals surface area contributed by atoms with Gasteiger partial charge in [0.15, 0.2) is 6.10 Å². The molecule has 1 fully saturated rings. The van der Waals surface area contributed by atoms with Crippen molar-refractivity contribution in [2.45, 2.75) is 31.9 Å². The first-order chi connectivity index (χ1) is 15.4. The predicted molar refractivity (Wildman–Crippen MR) is 124 cm³/mol. The lowest BCUT2D eigenvalue weighted by atomic mass is 9.80. The van der Waals surface area contributed by atoms with Gasteiger partial charge in [-0.25, -0.2) is 4.98 Å². The molecular weight excluding hydrogens is 451 g/mol. The molecule has 8 heteroatoms. The number of halogens is 2. The Hall–Kier alpha value is -2.83. The van der Waals surface area contributed by atoms with Gasteiger partial charge < -0.3 is 14.8 Å². The van der Waals surface area contributed by atoms with Gasteiger partial charge in [-0.3, -0.25) is 9.59 Å². The molecule has 1 saturated carbocycles. The van der Waals surface area contributed by atoms with E-state index in [2.05, 4.69) is 10.3 Å². The van der Waals surface area contributed by atoms with Crippen LogP contribution >= 0.6 is 23.2 Å². The summed E-state index contributed by atoms with van der Waals surface area (Å²) >= 11 is 12.6. The molecule has 0 spiro atoms. The van der Waals surface area contributed by atoms with E-state index in [9.17, 15) is 9.59 Å². The van der Waals surface area contributed by atoms with Gasteiger partial charge in [0.25, 0.3) is 5.91 Å². The second kappa shape index (κ2) is 9.35. The maximum atomic E-state index is 12.5. The maximum Gasteiger partial charge on any atom is 0.308 e. The Morgan fingerprint density at radius 2 is 1.84 bits per heavy atom. The summed E-state index contributed by atoms with van der Waals surface area (Å²) in [5.74, 6) is -0.126. The third-order valence-electron chi connectivity index (χ3n) is 5.62. The minimum Gasteiger partial charge on any atom is -0.481 e. The second-order valence-electron chi connectivity index (χ2n) is 7.81. The van der Waals surface area contributed by atoms with Crippen LogP contribution in [0.15, 0.2) is 48.5 Å². The summed E-state index contributed by atoms with van der Waals surface area (Å²) in [6.45, 7) is 1.68. The number of hydrogen-bond acceptors (Lipinski definition) is 5. The van der Waals surface area contributed by atoms with E-state index in [-0.39, 0.29) is 23.8 Å². The molecule has 0 saturated heterocycles. The van der Waals surface area contributed by atoms with Crippen LogP contribution in [-0.4, -0.2) is 36.1 Å². The SMILES string of the molecule is COC(=O)C1CC(NC(=O)[C@@H](C)Oc2ccc3c(-c4ccccc4Cl)cc(Cl)nc3c2)C1. The van der Waals surface area contributed by atoms with Crippen molar-refractivity contribution in [3.05, 3.63) is 58.7 Å². The van der Waals surface area contributed by atoms with Gasteiger partial charge in [0.05, 0.1) is 18.5 Å². The number of carbonyl (C=O) groups is 2. The molecule has 1 aliphatic carbocycles. The quantitative estimate of drug-likeness (QED) is 0.401. The van der Waals surface area contributed by atoms with Crippen LogP contribution in [0.5, 0.6) is 5.75 Å². The van der Waals surface area contributed by atoms with E-state index >= 15 is 0 Å². The van der Waals surface area contributed by atoms with E-state index in [1.54, 1.807) is 25.1 Å². The smallest absolute Gasteiger partial charge is 0.308 e. The number of hydrogen-bond donors (Lipinski definition) is 1. The van der Waals surface area contributed by atoms with Gasteiger partial charge in [-0.1, -0.05) is 41.4 Å². The Bertz CT molecular complexity index is 1180. The average Bonchev–Trinajstić information content (AvgIpc) is 2.74. The average molecular weight is 473 g/mol. The molecule has 1 N–H and O–H groups in total. The van der Waals surface area contributed by atoms with Crippen LogP contribution < -0.4 is 10.1 Å². The lowest BCUT2D eigenvalue weighted by Gasteiger charge is -2.34. The van der Waals surface area contributed by atoms with Gasteiger partial charge >= 0.3 is 5.97 Å². The molecule has 0 unspecified atom stereocenters. The molecule has 6 nitrogen and oxygen atoms in total. The predicted octanol–water partition coefficient (Wildman–Crippen LogP) is 5.04. The molecule has 1 amide bonds. The number of amides is 1. The van der Waals surface area contributed by atoms with Gasteiger partial charge in [-0.2, -0.15) is 0 Å². The standard InChI is InChI=1S/C24H22Cl2N2O4/c1-13(23(29)27-15-9-14(10-15)24(30)31-2)32-16-7-8-18-19(12-22(26)28-21(18)11-16)17-5-3-4-6-20(17)25/h3-8,11-15H,9-10H2,1-2H3,(H,27,29)/t13-,14?,15?/m1/s1. The topological polar surface area (TPSA) is 77.5 Å². The van der Waals surface area contributed by atoms with Crippen LogP contribution in [0.4, 0.5) is 0 Å². The molecule has 0 bridgehead atoms. The number of ether oxygens (including phenoxy) is 2. The van der Waals surface area contributed by atoms with E-state index in [1.165, 1.54) is 7.11 Å². The molecular formula is C24H22Cl2N2O4. The molecule has 2 aromatic carbocycles. The van der Waals surface area contributed by atoms with Crippen LogP contribution in [0.2, 0.25) is 10.2 Å². The maximum absolute atomic E-state index is 12.5. The summed E-state index contributed by atoms with van der Waals surface area (Å²) in [5, 5.41) is 4.73. The summed E-state index contributed by atoms with van der Waals surface area (Å²) in [4.78, 5) is 28.4. The van der Waals surface area contributed by atoms with E-state index in [1.807, 2.05) is 30.3 Å². The van der Waals surface area contributed by atoms with Crippen molar-refractivity contribution in [1.82, 2.24) is 10.3 Å². The number of esters is 1. The van der Waals surface area contributed by atoms with Gasteiger partial charge in [-0.15, -0.1) is 0 Å². The number of aromatic nitrogens is 1. The molecule has 0 radical (unpaired) electrons. The normalized spacial score (nSPS) is 18.5. The monoisotopic (exact) mass is 472 g/mol. The molecule has 4 rings (SSSR count). The highest BCUT2D eigenvalue weighted by Gasteiger charge is 2.36. The van der Waals surface area contributed by atoms with Crippen LogP contribution in [0.3, 0.4) is 0 Å². The Balaban J connectivity index is 1.48. The van der Waals surface area contributed by atoms with E-state index in [0.717, 1.165) is 16.5 Å². The van der Waals surface area contributed by atoms with Gasteiger partial charge in [0.2, 0.25) is 0 Å². The molecule has 166 valence electrons. The molecule has 1 heterocycles. The van der Waals surface area contributed by atoms with E-state index in [4.69, 9.17) is 32.7 Å². The molecule has 0 aliphatic heterocycles. The molecule has 1 atom stereocenters. The number of nitrogens with zero attached hydrogens (tertiary/aromatic N) is 1. The number of pyridine rings is 1. The fourth-order valence-electron chi connectivity index (χ4n) is 3.82. The summed E-state index contributed by atoms with van der Waals surface area (Å²) < 4.78 is 10.6. The fourth-order valence-corrected chi connectivity index (χ4v) is 4.26. The number of rotatable bonds is 6.